The van der Waals surface area contributed by atoms with Crippen LogP contribution in [0.25, 0.3) is 17.7 Å². The summed E-state index contributed by atoms with van der Waals surface area (Å²) in [6.45, 7) is 1.71. The molecule has 0 spiro atoms. The Morgan fingerprint density at radius 2 is 1.48 bits per heavy atom. The Morgan fingerprint density at radius 3 is 2.00 bits per heavy atom. The minimum atomic E-state index is -0.264. The molecule has 0 unspecified atom stereocenters. The van der Waals surface area contributed by atoms with Gasteiger partial charge in [0.2, 0.25) is 0 Å². The van der Waals surface area contributed by atoms with Crippen molar-refractivity contribution < 1.29 is 9.53 Å². The maximum absolute atomic E-state index is 11.0. The largest absolute Gasteiger partial charge is 0.462 e. The van der Waals surface area contributed by atoms with E-state index in [1.165, 1.54) is 18.1 Å². The van der Waals surface area contributed by atoms with Crippen molar-refractivity contribution in [1.82, 2.24) is 0 Å². The van der Waals surface area contributed by atoms with Crippen LogP contribution in [0.2, 0.25) is 0 Å². The smallest absolute Gasteiger partial charge is 0.302 e. The molecule has 0 saturated heterocycles. The predicted molar refractivity (Wildman–Crippen MR) is 85.5 cm³/mol. The molecule has 2 heteroatoms. The van der Waals surface area contributed by atoms with E-state index in [-0.39, 0.29) is 12.6 Å². The Bertz CT molecular complexity index is 687. The standard InChI is InChI=1S/C19H16O2/c1-14(20)21-13-12-19-17-8-4-2-6-15(17)10-11-16-7-3-5-9-18(16)19/h2-12H,13H2,1H3. The molecule has 0 fully saturated rings. The highest BCUT2D eigenvalue weighted by Crippen LogP contribution is 2.33. The highest BCUT2D eigenvalue weighted by Gasteiger charge is 2.14. The average Bonchev–Trinajstić information content (AvgIpc) is 2.65. The van der Waals surface area contributed by atoms with E-state index in [4.69, 9.17) is 4.74 Å². The molecule has 0 bridgehead atoms. The van der Waals surface area contributed by atoms with Crippen molar-refractivity contribution >= 4 is 23.7 Å². The van der Waals surface area contributed by atoms with Crippen molar-refractivity contribution in [3.05, 3.63) is 76.9 Å². The molecular weight excluding hydrogens is 260 g/mol. The molecule has 1 aliphatic rings. The first-order valence-corrected chi connectivity index (χ1v) is 6.96. The fourth-order valence-corrected chi connectivity index (χ4v) is 2.56. The second-order valence-electron chi connectivity index (χ2n) is 4.93. The third kappa shape index (κ3) is 2.79. The first kappa shape index (κ1) is 13.4. The van der Waals surface area contributed by atoms with Crippen LogP contribution in [0.5, 0.6) is 0 Å². The van der Waals surface area contributed by atoms with E-state index in [0.29, 0.717) is 0 Å². The average molecular weight is 276 g/mol. The molecule has 0 aliphatic heterocycles. The fourth-order valence-electron chi connectivity index (χ4n) is 2.56. The van der Waals surface area contributed by atoms with Crippen LogP contribution < -0.4 is 0 Å². The van der Waals surface area contributed by atoms with Gasteiger partial charge in [-0.15, -0.1) is 0 Å². The molecule has 0 heterocycles. The second kappa shape index (κ2) is 5.80. The number of fused-ring (bicyclic) bond motifs is 2. The Labute approximate surface area is 124 Å². The van der Waals surface area contributed by atoms with Crippen molar-refractivity contribution in [2.75, 3.05) is 6.61 Å². The normalized spacial score (nSPS) is 12.1. The zero-order valence-corrected chi connectivity index (χ0v) is 11.9. The monoisotopic (exact) mass is 276 g/mol. The van der Waals surface area contributed by atoms with Gasteiger partial charge in [0.15, 0.2) is 0 Å². The molecule has 104 valence electrons. The maximum atomic E-state index is 11.0. The van der Waals surface area contributed by atoms with E-state index in [2.05, 4.69) is 36.4 Å². The molecule has 0 aromatic heterocycles. The maximum Gasteiger partial charge on any atom is 0.302 e. The molecule has 1 aliphatic carbocycles. The van der Waals surface area contributed by atoms with Crippen LogP contribution in [-0.2, 0) is 9.53 Å². The van der Waals surface area contributed by atoms with Gasteiger partial charge in [0.1, 0.15) is 6.61 Å². The summed E-state index contributed by atoms with van der Waals surface area (Å²) >= 11 is 0. The Hall–Kier alpha value is -2.61. The molecule has 0 radical (unpaired) electrons. The number of hydrogen-bond donors (Lipinski definition) is 0. The van der Waals surface area contributed by atoms with Gasteiger partial charge in [-0.25, -0.2) is 0 Å². The van der Waals surface area contributed by atoms with E-state index >= 15 is 0 Å². The molecule has 0 amide bonds. The summed E-state index contributed by atoms with van der Waals surface area (Å²) in [4.78, 5) is 11.0. The van der Waals surface area contributed by atoms with E-state index in [0.717, 1.165) is 16.7 Å². The Balaban J connectivity index is 2.12. The van der Waals surface area contributed by atoms with E-state index in [9.17, 15) is 4.79 Å². The van der Waals surface area contributed by atoms with Crippen molar-refractivity contribution in [2.45, 2.75) is 6.92 Å². The van der Waals surface area contributed by atoms with Crippen LogP contribution in [0.4, 0.5) is 0 Å². The number of ether oxygens (including phenoxy) is 1. The molecule has 3 rings (SSSR count). The van der Waals surface area contributed by atoms with Gasteiger partial charge in [0.25, 0.3) is 0 Å². The summed E-state index contributed by atoms with van der Waals surface area (Å²) in [5, 5.41) is 0. The van der Waals surface area contributed by atoms with E-state index in [1.807, 2.05) is 30.3 Å². The van der Waals surface area contributed by atoms with Gasteiger partial charge >= 0.3 is 5.97 Å². The zero-order chi connectivity index (χ0) is 14.7. The van der Waals surface area contributed by atoms with Crippen molar-refractivity contribution in [3.63, 3.8) is 0 Å². The lowest BCUT2D eigenvalue weighted by atomic mass is 9.93. The third-order valence-corrected chi connectivity index (χ3v) is 3.52. The van der Waals surface area contributed by atoms with Gasteiger partial charge in [0.05, 0.1) is 0 Å². The quantitative estimate of drug-likeness (QED) is 0.657. The van der Waals surface area contributed by atoms with Gasteiger partial charge in [-0.1, -0.05) is 60.7 Å². The Kier molecular flexibility index (Phi) is 3.69. The minimum Gasteiger partial charge on any atom is -0.462 e. The van der Waals surface area contributed by atoms with Crippen LogP contribution in [0, 0.1) is 0 Å². The summed E-state index contributed by atoms with van der Waals surface area (Å²) in [6, 6.07) is 16.5. The van der Waals surface area contributed by atoms with Crippen molar-refractivity contribution in [2.24, 2.45) is 0 Å². The van der Waals surface area contributed by atoms with Crippen LogP contribution >= 0.6 is 0 Å². The summed E-state index contributed by atoms with van der Waals surface area (Å²) < 4.78 is 5.08. The molecule has 0 saturated carbocycles. The summed E-state index contributed by atoms with van der Waals surface area (Å²) in [7, 11) is 0. The lowest BCUT2D eigenvalue weighted by Crippen LogP contribution is -2.00. The van der Waals surface area contributed by atoms with Gasteiger partial charge in [-0.3, -0.25) is 4.79 Å². The summed E-state index contributed by atoms with van der Waals surface area (Å²) in [5.74, 6) is -0.264. The molecular formula is C19H16O2. The number of benzene rings is 2. The first-order valence-electron chi connectivity index (χ1n) is 6.96. The molecule has 2 aromatic rings. The lowest BCUT2D eigenvalue weighted by molar-refractivity contribution is -0.139. The topological polar surface area (TPSA) is 26.3 Å². The molecule has 2 nitrogen and oxygen atoms in total. The highest BCUT2D eigenvalue weighted by molar-refractivity contribution is 5.93. The summed E-state index contributed by atoms with van der Waals surface area (Å²) in [5.41, 5.74) is 5.76. The minimum absolute atomic E-state index is 0.264. The van der Waals surface area contributed by atoms with Crippen LogP contribution in [0.3, 0.4) is 0 Å². The first-order chi connectivity index (χ1) is 10.3. The second-order valence-corrected chi connectivity index (χ2v) is 4.93. The van der Waals surface area contributed by atoms with Crippen LogP contribution in [-0.4, -0.2) is 12.6 Å². The fraction of sp³-hybridized carbons (Fsp3) is 0.105. The highest BCUT2D eigenvalue weighted by atomic mass is 16.5. The van der Waals surface area contributed by atoms with E-state index < -0.39 is 0 Å². The SMILES string of the molecule is CC(=O)OCC=C1c2ccccc2C=Cc2ccccc21. The van der Waals surface area contributed by atoms with Gasteiger partial charge in [0, 0.05) is 6.92 Å². The Morgan fingerprint density at radius 1 is 0.952 bits per heavy atom. The number of carbonyl (C=O) groups excluding carboxylic acids is 1. The number of rotatable bonds is 2. The van der Waals surface area contributed by atoms with Gasteiger partial charge < -0.3 is 4.74 Å². The number of esters is 1. The predicted octanol–water partition coefficient (Wildman–Crippen LogP) is 4.17. The van der Waals surface area contributed by atoms with Crippen LogP contribution in [0.1, 0.15) is 29.2 Å². The zero-order valence-electron chi connectivity index (χ0n) is 11.9. The van der Waals surface area contributed by atoms with Gasteiger partial charge in [-0.2, -0.15) is 0 Å². The third-order valence-electron chi connectivity index (χ3n) is 3.52. The number of hydrogen-bond acceptors (Lipinski definition) is 2. The van der Waals surface area contributed by atoms with Crippen molar-refractivity contribution in [1.29, 1.82) is 0 Å². The molecule has 0 atom stereocenters. The van der Waals surface area contributed by atoms with Crippen molar-refractivity contribution in [3.8, 4) is 0 Å². The molecule has 0 N–H and O–H groups in total. The van der Waals surface area contributed by atoms with Gasteiger partial charge in [-0.05, 0) is 33.9 Å². The van der Waals surface area contributed by atoms with E-state index in [1.54, 1.807) is 0 Å². The lowest BCUT2D eigenvalue weighted by Gasteiger charge is -2.12. The molecule has 2 aromatic carbocycles. The number of carbonyl (C=O) groups is 1. The van der Waals surface area contributed by atoms with Crippen LogP contribution in [0.15, 0.2) is 54.6 Å². The molecule has 21 heavy (non-hydrogen) atoms. The summed E-state index contributed by atoms with van der Waals surface area (Å²) in [6.07, 6.45) is 6.23.